The monoisotopic (exact) mass is 369 g/mol. The molecule has 1 fully saturated rings. The first-order valence-corrected chi connectivity index (χ1v) is 10.2. The smallest absolute Gasteiger partial charge is 0.253 e. The Kier molecular flexibility index (Phi) is 6.78. The van der Waals surface area contributed by atoms with Crippen molar-refractivity contribution in [2.24, 2.45) is 0 Å². The van der Waals surface area contributed by atoms with E-state index in [1.165, 1.54) is 12.8 Å². The lowest BCUT2D eigenvalue weighted by Crippen LogP contribution is -2.39. The van der Waals surface area contributed by atoms with Gasteiger partial charge in [0, 0.05) is 23.7 Å². The summed E-state index contributed by atoms with van der Waals surface area (Å²) in [4.78, 5) is 21.8. The van der Waals surface area contributed by atoms with Gasteiger partial charge in [0.1, 0.15) is 5.82 Å². The molecular formula is C22H31N3O2. The van der Waals surface area contributed by atoms with Crippen LogP contribution in [0.25, 0.3) is 10.9 Å². The van der Waals surface area contributed by atoms with Crippen molar-refractivity contribution >= 4 is 16.8 Å². The van der Waals surface area contributed by atoms with Crippen molar-refractivity contribution in [2.75, 3.05) is 6.61 Å². The molecule has 3 rings (SSSR count). The third-order valence-corrected chi connectivity index (χ3v) is 5.38. The highest BCUT2D eigenvalue weighted by atomic mass is 16.5. The Morgan fingerprint density at radius 1 is 1.15 bits per heavy atom. The molecule has 5 heteroatoms. The fourth-order valence-electron chi connectivity index (χ4n) is 3.87. The van der Waals surface area contributed by atoms with Crippen LogP contribution in [-0.2, 0) is 4.74 Å². The lowest BCUT2D eigenvalue weighted by molar-refractivity contribution is 0.0205. The molecule has 1 aliphatic rings. The second-order valence-electron chi connectivity index (χ2n) is 7.58. The molecule has 1 N–H and O–H groups in total. The van der Waals surface area contributed by atoms with Gasteiger partial charge in [0.25, 0.3) is 5.91 Å². The second-order valence-corrected chi connectivity index (χ2v) is 7.58. The maximum absolute atomic E-state index is 12.9. The molecule has 5 nitrogen and oxygen atoms in total. The molecule has 146 valence electrons. The van der Waals surface area contributed by atoms with E-state index in [-0.39, 0.29) is 11.9 Å². The van der Waals surface area contributed by atoms with Crippen LogP contribution in [0.1, 0.15) is 73.7 Å². The number of carbonyl (C=O) groups is 1. The summed E-state index contributed by atoms with van der Waals surface area (Å²) in [6, 6.07) is 5.95. The van der Waals surface area contributed by atoms with Gasteiger partial charge in [-0.2, -0.15) is 0 Å². The number of benzene rings is 1. The van der Waals surface area contributed by atoms with Gasteiger partial charge in [-0.3, -0.25) is 4.79 Å². The zero-order valence-electron chi connectivity index (χ0n) is 16.8. The molecule has 1 aromatic carbocycles. The largest absolute Gasteiger partial charge is 0.378 e. The Morgan fingerprint density at radius 3 is 2.67 bits per heavy atom. The third kappa shape index (κ3) is 5.04. The van der Waals surface area contributed by atoms with E-state index in [0.29, 0.717) is 17.5 Å². The van der Waals surface area contributed by atoms with Crippen molar-refractivity contribution in [3.05, 3.63) is 35.3 Å². The van der Waals surface area contributed by atoms with Crippen LogP contribution < -0.4 is 5.32 Å². The molecule has 0 spiro atoms. The molecule has 0 saturated heterocycles. The lowest BCUT2D eigenvalue weighted by Gasteiger charge is -2.29. The van der Waals surface area contributed by atoms with Gasteiger partial charge in [0.15, 0.2) is 0 Å². The van der Waals surface area contributed by atoms with Crippen molar-refractivity contribution in [1.82, 2.24) is 15.3 Å². The highest BCUT2D eigenvalue weighted by Crippen LogP contribution is 2.23. The van der Waals surface area contributed by atoms with Crippen LogP contribution in [0.3, 0.4) is 0 Å². The van der Waals surface area contributed by atoms with E-state index in [0.717, 1.165) is 55.3 Å². The van der Waals surface area contributed by atoms with Crippen molar-refractivity contribution in [1.29, 1.82) is 0 Å². The first-order valence-electron chi connectivity index (χ1n) is 10.2. The Labute approximate surface area is 161 Å². The average Bonchev–Trinajstić information content (AvgIpc) is 2.66. The molecule has 1 aromatic heterocycles. The average molecular weight is 370 g/mol. The molecule has 0 unspecified atom stereocenters. The summed E-state index contributed by atoms with van der Waals surface area (Å²) < 4.78 is 5.98. The van der Waals surface area contributed by atoms with E-state index < -0.39 is 0 Å². The fraction of sp³-hybridized carbons (Fsp3) is 0.591. The predicted molar refractivity (Wildman–Crippen MR) is 108 cm³/mol. The minimum absolute atomic E-state index is 0.0367. The molecular weight excluding hydrogens is 338 g/mol. The number of nitrogens with zero attached hydrogens (tertiary/aromatic N) is 2. The van der Waals surface area contributed by atoms with Gasteiger partial charge in [-0.05, 0) is 52.0 Å². The standard InChI is InChI=1S/C22H31N3O2/c1-4-5-6-14-27-18-12-10-17(11-13-18)25-22(26)20-9-7-8-19-15(2)23-16(3)24-21(19)20/h7-9,17-18H,4-6,10-14H2,1-3H3,(H,25,26)/t17-,18-. The van der Waals surface area contributed by atoms with Gasteiger partial charge in [-0.15, -0.1) is 0 Å². The molecule has 27 heavy (non-hydrogen) atoms. The second kappa shape index (κ2) is 9.27. The summed E-state index contributed by atoms with van der Waals surface area (Å²) >= 11 is 0. The molecule has 1 aliphatic carbocycles. The summed E-state index contributed by atoms with van der Waals surface area (Å²) in [6.07, 6.45) is 7.95. The normalized spacial score (nSPS) is 20.0. The quantitative estimate of drug-likeness (QED) is 0.730. The fourth-order valence-corrected chi connectivity index (χ4v) is 3.87. The highest BCUT2D eigenvalue weighted by molar-refractivity contribution is 6.06. The third-order valence-electron chi connectivity index (χ3n) is 5.38. The van der Waals surface area contributed by atoms with Gasteiger partial charge >= 0.3 is 0 Å². The summed E-state index contributed by atoms with van der Waals surface area (Å²) in [5, 5.41) is 4.15. The number of hydrogen-bond donors (Lipinski definition) is 1. The van der Waals surface area contributed by atoms with Crippen LogP contribution in [0.5, 0.6) is 0 Å². The first-order chi connectivity index (χ1) is 13.1. The zero-order chi connectivity index (χ0) is 19.2. The van der Waals surface area contributed by atoms with Crippen LogP contribution in [0.2, 0.25) is 0 Å². The first kappa shape index (κ1) is 19.7. The number of unbranched alkanes of at least 4 members (excludes halogenated alkanes) is 2. The molecule has 1 heterocycles. The zero-order valence-corrected chi connectivity index (χ0v) is 16.8. The van der Waals surface area contributed by atoms with Crippen molar-refractivity contribution in [2.45, 2.75) is 77.9 Å². The van der Waals surface area contributed by atoms with Crippen LogP contribution in [0.4, 0.5) is 0 Å². The van der Waals surface area contributed by atoms with E-state index in [1.807, 2.05) is 32.0 Å². The van der Waals surface area contributed by atoms with E-state index in [1.54, 1.807) is 0 Å². The minimum atomic E-state index is -0.0367. The predicted octanol–water partition coefficient (Wildman–Crippen LogP) is 4.49. The highest BCUT2D eigenvalue weighted by Gasteiger charge is 2.24. The molecule has 0 bridgehead atoms. The Hall–Kier alpha value is -2.01. The van der Waals surface area contributed by atoms with E-state index in [9.17, 15) is 4.79 Å². The van der Waals surface area contributed by atoms with E-state index >= 15 is 0 Å². The van der Waals surface area contributed by atoms with E-state index in [4.69, 9.17) is 4.74 Å². The Morgan fingerprint density at radius 2 is 1.93 bits per heavy atom. The Balaban J connectivity index is 1.58. The minimum Gasteiger partial charge on any atom is -0.378 e. The Bertz CT molecular complexity index is 782. The summed E-state index contributed by atoms with van der Waals surface area (Å²) in [7, 11) is 0. The molecule has 0 atom stereocenters. The number of nitrogens with one attached hydrogen (secondary N) is 1. The number of carbonyl (C=O) groups excluding carboxylic acids is 1. The SMILES string of the molecule is CCCCCO[C@H]1CC[C@H](NC(=O)c2cccc3c(C)nc(C)nc23)CC1. The van der Waals surface area contributed by atoms with Gasteiger partial charge in [0.2, 0.25) is 0 Å². The van der Waals surface area contributed by atoms with Gasteiger partial charge in [-0.1, -0.05) is 31.9 Å². The molecule has 0 aliphatic heterocycles. The number of hydrogen-bond acceptors (Lipinski definition) is 4. The summed E-state index contributed by atoms with van der Waals surface area (Å²) in [5.74, 6) is 0.659. The number of para-hydroxylation sites is 1. The van der Waals surface area contributed by atoms with Gasteiger partial charge in [0.05, 0.1) is 17.2 Å². The number of fused-ring (bicyclic) bond motifs is 1. The topological polar surface area (TPSA) is 64.1 Å². The van der Waals surface area contributed by atoms with Crippen LogP contribution >= 0.6 is 0 Å². The summed E-state index contributed by atoms with van der Waals surface area (Å²) in [5.41, 5.74) is 2.29. The van der Waals surface area contributed by atoms with Crippen LogP contribution in [0, 0.1) is 13.8 Å². The molecule has 2 aromatic rings. The maximum atomic E-state index is 12.9. The number of amides is 1. The number of ether oxygens (including phenoxy) is 1. The number of aryl methyl sites for hydroxylation is 2. The van der Waals surface area contributed by atoms with E-state index in [2.05, 4.69) is 22.2 Å². The van der Waals surface area contributed by atoms with Crippen LogP contribution in [-0.4, -0.2) is 34.6 Å². The lowest BCUT2D eigenvalue weighted by atomic mass is 9.92. The number of rotatable bonds is 7. The van der Waals surface area contributed by atoms with Gasteiger partial charge in [-0.25, -0.2) is 9.97 Å². The molecule has 1 amide bonds. The number of aromatic nitrogens is 2. The van der Waals surface area contributed by atoms with Crippen molar-refractivity contribution in [3.63, 3.8) is 0 Å². The van der Waals surface area contributed by atoms with Crippen molar-refractivity contribution < 1.29 is 9.53 Å². The summed E-state index contributed by atoms with van der Waals surface area (Å²) in [6.45, 7) is 6.89. The maximum Gasteiger partial charge on any atom is 0.253 e. The van der Waals surface area contributed by atoms with Crippen LogP contribution in [0.15, 0.2) is 18.2 Å². The molecule has 1 saturated carbocycles. The van der Waals surface area contributed by atoms with Crippen molar-refractivity contribution in [3.8, 4) is 0 Å². The van der Waals surface area contributed by atoms with Gasteiger partial charge < -0.3 is 10.1 Å². The molecule has 0 radical (unpaired) electrons.